The molecule has 0 aromatic heterocycles. The molecule has 2 N–H and O–H groups in total. The van der Waals surface area contributed by atoms with Gasteiger partial charge in [-0.3, -0.25) is 0 Å². The summed E-state index contributed by atoms with van der Waals surface area (Å²) in [5.41, 5.74) is 0. The van der Waals surface area contributed by atoms with Gasteiger partial charge in [0.05, 0.1) is 12.2 Å². The zero-order valence-corrected chi connectivity index (χ0v) is 9.45. The lowest BCUT2D eigenvalue weighted by molar-refractivity contribution is 0.00254. The zero-order chi connectivity index (χ0) is 11.0. The molecule has 2 heteroatoms. The van der Waals surface area contributed by atoms with E-state index in [2.05, 4.69) is 13.5 Å². The van der Waals surface area contributed by atoms with Gasteiger partial charge in [-0.1, -0.05) is 26.3 Å². The van der Waals surface area contributed by atoms with Gasteiger partial charge in [0.2, 0.25) is 0 Å². The first-order chi connectivity index (χ1) is 6.67. The molecule has 0 saturated heterocycles. The molecule has 0 bridgehead atoms. The predicted octanol–water partition coefficient (Wildman–Crippen LogP) is 2.50. The SMILES string of the molecule is C=CCCC(O)C(CCC)C(O)CC. The van der Waals surface area contributed by atoms with Crippen molar-refractivity contribution in [3.05, 3.63) is 12.7 Å². The average Bonchev–Trinajstić information content (AvgIpc) is 2.21. The number of allylic oxidation sites excluding steroid dienone is 1. The van der Waals surface area contributed by atoms with Gasteiger partial charge in [-0.05, 0) is 25.7 Å². The Morgan fingerprint density at radius 1 is 1.14 bits per heavy atom. The van der Waals surface area contributed by atoms with Gasteiger partial charge in [-0.25, -0.2) is 0 Å². The van der Waals surface area contributed by atoms with Crippen molar-refractivity contribution < 1.29 is 10.2 Å². The second-order valence-electron chi connectivity index (χ2n) is 3.86. The molecule has 0 saturated carbocycles. The summed E-state index contributed by atoms with van der Waals surface area (Å²) in [5, 5.41) is 19.6. The van der Waals surface area contributed by atoms with Crippen molar-refractivity contribution in [2.75, 3.05) is 0 Å². The molecule has 0 heterocycles. The summed E-state index contributed by atoms with van der Waals surface area (Å²) in [6.07, 6.45) is 5.21. The van der Waals surface area contributed by atoms with E-state index >= 15 is 0 Å². The van der Waals surface area contributed by atoms with Gasteiger partial charge in [-0.15, -0.1) is 6.58 Å². The van der Waals surface area contributed by atoms with Crippen molar-refractivity contribution in [3.8, 4) is 0 Å². The molecule has 3 atom stereocenters. The lowest BCUT2D eigenvalue weighted by atomic mass is 9.87. The minimum Gasteiger partial charge on any atom is -0.393 e. The molecule has 0 aromatic carbocycles. The van der Waals surface area contributed by atoms with Crippen LogP contribution in [0.25, 0.3) is 0 Å². The van der Waals surface area contributed by atoms with Crippen LogP contribution in [0.4, 0.5) is 0 Å². The Kier molecular flexibility index (Phi) is 7.81. The van der Waals surface area contributed by atoms with Crippen molar-refractivity contribution >= 4 is 0 Å². The molecule has 2 nitrogen and oxygen atoms in total. The average molecular weight is 200 g/mol. The van der Waals surface area contributed by atoms with Crippen LogP contribution in [0.3, 0.4) is 0 Å². The van der Waals surface area contributed by atoms with E-state index in [4.69, 9.17) is 0 Å². The molecule has 14 heavy (non-hydrogen) atoms. The number of aliphatic hydroxyl groups is 2. The van der Waals surface area contributed by atoms with E-state index < -0.39 is 0 Å². The first-order valence-corrected chi connectivity index (χ1v) is 5.64. The number of hydrogen-bond acceptors (Lipinski definition) is 2. The van der Waals surface area contributed by atoms with Crippen molar-refractivity contribution in [1.29, 1.82) is 0 Å². The Balaban J connectivity index is 4.09. The summed E-state index contributed by atoms with van der Waals surface area (Å²) in [6, 6.07) is 0. The number of aliphatic hydroxyl groups excluding tert-OH is 2. The summed E-state index contributed by atoms with van der Waals surface area (Å²) >= 11 is 0. The maximum absolute atomic E-state index is 9.86. The molecular weight excluding hydrogens is 176 g/mol. The molecule has 0 amide bonds. The molecule has 0 rings (SSSR count). The number of hydrogen-bond donors (Lipinski definition) is 2. The lowest BCUT2D eigenvalue weighted by Gasteiger charge is -2.26. The Bertz CT molecular complexity index is 145. The Morgan fingerprint density at radius 2 is 1.79 bits per heavy atom. The van der Waals surface area contributed by atoms with Crippen LogP contribution in [0.5, 0.6) is 0 Å². The van der Waals surface area contributed by atoms with Gasteiger partial charge in [-0.2, -0.15) is 0 Å². The largest absolute Gasteiger partial charge is 0.393 e. The predicted molar refractivity (Wildman–Crippen MR) is 60.1 cm³/mol. The Morgan fingerprint density at radius 3 is 2.21 bits per heavy atom. The summed E-state index contributed by atoms with van der Waals surface area (Å²) in [7, 11) is 0. The first kappa shape index (κ1) is 13.7. The van der Waals surface area contributed by atoms with E-state index in [1.165, 1.54) is 0 Å². The van der Waals surface area contributed by atoms with Gasteiger partial charge in [0.1, 0.15) is 0 Å². The van der Waals surface area contributed by atoms with Crippen LogP contribution >= 0.6 is 0 Å². The van der Waals surface area contributed by atoms with Crippen molar-refractivity contribution in [2.45, 2.75) is 58.2 Å². The van der Waals surface area contributed by atoms with Crippen LogP contribution in [-0.4, -0.2) is 22.4 Å². The maximum Gasteiger partial charge on any atom is 0.0596 e. The third-order valence-electron chi connectivity index (χ3n) is 2.70. The van der Waals surface area contributed by atoms with Gasteiger partial charge < -0.3 is 10.2 Å². The van der Waals surface area contributed by atoms with Gasteiger partial charge in [0.15, 0.2) is 0 Å². The van der Waals surface area contributed by atoms with Crippen LogP contribution in [0, 0.1) is 5.92 Å². The van der Waals surface area contributed by atoms with E-state index in [1.54, 1.807) is 0 Å². The third-order valence-corrected chi connectivity index (χ3v) is 2.70. The van der Waals surface area contributed by atoms with E-state index in [0.717, 1.165) is 25.7 Å². The number of rotatable bonds is 8. The van der Waals surface area contributed by atoms with Gasteiger partial charge in [0.25, 0.3) is 0 Å². The highest BCUT2D eigenvalue weighted by atomic mass is 16.3. The summed E-state index contributed by atoms with van der Waals surface area (Å²) in [5.74, 6) is 0.0324. The second-order valence-corrected chi connectivity index (χ2v) is 3.86. The lowest BCUT2D eigenvalue weighted by Crippen LogP contribution is -2.31. The van der Waals surface area contributed by atoms with Crippen LogP contribution in [-0.2, 0) is 0 Å². The third kappa shape index (κ3) is 4.77. The molecule has 3 unspecified atom stereocenters. The molecule has 0 aromatic rings. The van der Waals surface area contributed by atoms with Crippen molar-refractivity contribution in [2.24, 2.45) is 5.92 Å². The second kappa shape index (κ2) is 8.01. The molecule has 0 spiro atoms. The minimum absolute atomic E-state index is 0.0324. The van der Waals surface area contributed by atoms with E-state index in [0.29, 0.717) is 6.42 Å². The topological polar surface area (TPSA) is 40.5 Å². The normalized spacial score (nSPS) is 17.4. The van der Waals surface area contributed by atoms with E-state index in [-0.39, 0.29) is 18.1 Å². The fraction of sp³-hybridized carbons (Fsp3) is 0.833. The molecule has 0 radical (unpaired) electrons. The standard InChI is InChI=1S/C12H24O2/c1-4-7-9-12(14)10(8-5-2)11(13)6-3/h4,10-14H,1,5-9H2,2-3H3. The quantitative estimate of drug-likeness (QED) is 0.591. The van der Waals surface area contributed by atoms with Crippen LogP contribution in [0.15, 0.2) is 12.7 Å². The molecule has 0 aliphatic carbocycles. The molecule has 84 valence electrons. The summed E-state index contributed by atoms with van der Waals surface area (Å²) in [4.78, 5) is 0. The van der Waals surface area contributed by atoms with Gasteiger partial charge in [0, 0.05) is 5.92 Å². The van der Waals surface area contributed by atoms with Crippen molar-refractivity contribution in [3.63, 3.8) is 0 Å². The monoisotopic (exact) mass is 200 g/mol. The highest BCUT2D eigenvalue weighted by Gasteiger charge is 2.24. The highest BCUT2D eigenvalue weighted by molar-refractivity contribution is 4.78. The van der Waals surface area contributed by atoms with Crippen LogP contribution in [0.2, 0.25) is 0 Å². The fourth-order valence-electron chi connectivity index (χ4n) is 1.78. The van der Waals surface area contributed by atoms with E-state index in [1.807, 2.05) is 13.0 Å². The summed E-state index contributed by atoms with van der Waals surface area (Å²) < 4.78 is 0. The van der Waals surface area contributed by atoms with Gasteiger partial charge >= 0.3 is 0 Å². The molecule has 0 aliphatic heterocycles. The molecular formula is C12H24O2. The maximum atomic E-state index is 9.86. The zero-order valence-electron chi connectivity index (χ0n) is 9.45. The fourth-order valence-corrected chi connectivity index (χ4v) is 1.78. The smallest absolute Gasteiger partial charge is 0.0596 e. The Labute approximate surface area is 87.7 Å². The Hall–Kier alpha value is -0.340. The van der Waals surface area contributed by atoms with Crippen LogP contribution in [0.1, 0.15) is 46.0 Å². The van der Waals surface area contributed by atoms with Crippen LogP contribution < -0.4 is 0 Å². The van der Waals surface area contributed by atoms with E-state index in [9.17, 15) is 10.2 Å². The minimum atomic E-state index is -0.386. The molecule has 0 aliphatic rings. The highest BCUT2D eigenvalue weighted by Crippen LogP contribution is 2.21. The first-order valence-electron chi connectivity index (χ1n) is 5.64. The molecule has 0 fully saturated rings. The summed E-state index contributed by atoms with van der Waals surface area (Å²) in [6.45, 7) is 7.66. The van der Waals surface area contributed by atoms with Crippen molar-refractivity contribution in [1.82, 2.24) is 0 Å².